The first-order chi connectivity index (χ1) is 17.5. The van der Waals surface area contributed by atoms with Crippen LogP contribution in [0.3, 0.4) is 0 Å². The van der Waals surface area contributed by atoms with E-state index in [9.17, 15) is 19.7 Å². The molecular weight excluding hydrogens is 487 g/mol. The normalized spacial score (nSPS) is 41.0. The van der Waals surface area contributed by atoms with Gasteiger partial charge in [-0.05, 0) is 66.1 Å². The Balaban J connectivity index is 1.43. The fraction of sp³-hybridized carbons (Fsp3) is 0.655. The van der Waals surface area contributed by atoms with Crippen LogP contribution in [-0.2, 0) is 25.6 Å². The smallest absolute Gasteiger partial charge is 0.461 e. The van der Waals surface area contributed by atoms with Crippen molar-refractivity contribution >= 4 is 36.1 Å². The van der Waals surface area contributed by atoms with Crippen LogP contribution in [0, 0.1) is 34.0 Å². The van der Waals surface area contributed by atoms with E-state index < -0.39 is 30.2 Å². The van der Waals surface area contributed by atoms with Gasteiger partial charge in [0.25, 0.3) is 0 Å². The zero-order chi connectivity index (χ0) is 26.8. The molecule has 3 saturated carbocycles. The zero-order valence-electron chi connectivity index (χ0n) is 22.4. The van der Waals surface area contributed by atoms with Crippen molar-refractivity contribution in [3.8, 4) is 0 Å². The number of aliphatic hydroxyl groups is 1. The molecule has 4 aliphatic rings. The summed E-state index contributed by atoms with van der Waals surface area (Å²) in [5, 5.41) is 21.7. The monoisotopic (exact) mass is 526 g/mol. The summed E-state index contributed by atoms with van der Waals surface area (Å²) in [5.41, 5.74) is 0.252. The quantitative estimate of drug-likeness (QED) is 0.260. The number of carbonyl (C=O) groups excluding carboxylic acids is 2. The van der Waals surface area contributed by atoms with Gasteiger partial charge in [0.15, 0.2) is 0 Å². The summed E-state index contributed by atoms with van der Waals surface area (Å²) in [4.78, 5) is 27.7. The van der Waals surface area contributed by atoms with Crippen molar-refractivity contribution in [2.75, 3.05) is 5.75 Å². The summed E-state index contributed by atoms with van der Waals surface area (Å²) < 4.78 is 11.6. The summed E-state index contributed by atoms with van der Waals surface area (Å²) in [5.74, 6) is -0.0459. The summed E-state index contributed by atoms with van der Waals surface area (Å²) in [6, 6.07) is 5.71. The number of thioether (sulfide) groups is 1. The third-order valence-corrected chi connectivity index (χ3v) is 11.7. The third kappa shape index (κ3) is 4.14. The molecule has 1 aromatic carbocycles. The second kappa shape index (κ2) is 9.54. The van der Waals surface area contributed by atoms with E-state index in [0.29, 0.717) is 19.4 Å². The molecule has 2 bridgehead atoms. The lowest BCUT2D eigenvalue weighted by molar-refractivity contribution is -0.205. The van der Waals surface area contributed by atoms with Gasteiger partial charge in [0.1, 0.15) is 11.9 Å². The Kier molecular flexibility index (Phi) is 6.96. The summed E-state index contributed by atoms with van der Waals surface area (Å²) in [6.45, 7) is 12.9. The molecule has 8 heteroatoms. The van der Waals surface area contributed by atoms with Crippen molar-refractivity contribution in [2.24, 2.45) is 34.0 Å². The number of fused-ring (bicyclic) bond motifs is 1. The first kappa shape index (κ1) is 27.0. The van der Waals surface area contributed by atoms with E-state index in [0.717, 1.165) is 35.2 Å². The van der Waals surface area contributed by atoms with Gasteiger partial charge in [-0.15, -0.1) is 18.3 Å². The molecule has 37 heavy (non-hydrogen) atoms. The largest absolute Gasteiger partial charge is 0.491 e. The number of aliphatic hydroxyl groups excluding tert-OH is 1. The van der Waals surface area contributed by atoms with Crippen LogP contribution in [0.25, 0.3) is 0 Å². The molecular formula is C29H39BO6S. The Morgan fingerprint density at radius 3 is 2.81 bits per heavy atom. The standard InChI is InChI=1S/C29H39BO6S/c1-6-27(4)14-23(36-24(32)16-37-20-8-7-19-15-35-30(34)21(19)13-20)28(5)17(2)9-11-29(18(3)26(27)33)12-10-22(31)25(28)29/h6-8,13,17-18,23,25-26,33-34H,1,9-12,14-16H2,2-5H3/t17-,18-,23+,25-,26-,27+,28-,29-/m0/s1. The predicted molar refractivity (Wildman–Crippen MR) is 144 cm³/mol. The van der Waals surface area contributed by atoms with Gasteiger partial charge in [-0.2, -0.15) is 0 Å². The Hall–Kier alpha value is -1.61. The Bertz CT molecular complexity index is 1110. The molecule has 5 rings (SSSR count). The highest BCUT2D eigenvalue weighted by Gasteiger charge is 2.68. The molecule has 0 spiro atoms. The van der Waals surface area contributed by atoms with Gasteiger partial charge < -0.3 is 19.5 Å². The Morgan fingerprint density at radius 1 is 1.32 bits per heavy atom. The number of ether oxygens (including phenoxy) is 1. The minimum absolute atomic E-state index is 0.0508. The third-order valence-electron chi connectivity index (χ3n) is 10.7. The van der Waals surface area contributed by atoms with E-state index in [1.54, 1.807) is 0 Å². The number of benzene rings is 1. The second-order valence-electron chi connectivity index (χ2n) is 12.4. The molecule has 0 unspecified atom stereocenters. The van der Waals surface area contributed by atoms with Crippen molar-refractivity contribution in [3.63, 3.8) is 0 Å². The van der Waals surface area contributed by atoms with E-state index in [1.165, 1.54) is 11.8 Å². The number of carbonyl (C=O) groups is 2. The molecule has 0 aromatic heterocycles. The number of hydrogen-bond acceptors (Lipinski definition) is 7. The average Bonchev–Trinajstić information content (AvgIpc) is 3.43. The van der Waals surface area contributed by atoms with Crippen LogP contribution >= 0.6 is 11.8 Å². The molecule has 0 radical (unpaired) electrons. The summed E-state index contributed by atoms with van der Waals surface area (Å²) in [7, 11) is -0.931. The van der Waals surface area contributed by atoms with Gasteiger partial charge in [-0.25, -0.2) is 0 Å². The van der Waals surface area contributed by atoms with Gasteiger partial charge in [-0.3, -0.25) is 9.59 Å². The molecule has 1 aromatic rings. The van der Waals surface area contributed by atoms with Crippen molar-refractivity contribution < 1.29 is 29.1 Å². The second-order valence-corrected chi connectivity index (χ2v) is 13.4. The number of ketones is 1. The van der Waals surface area contributed by atoms with Gasteiger partial charge >= 0.3 is 13.1 Å². The molecule has 1 heterocycles. The van der Waals surface area contributed by atoms with Crippen LogP contribution < -0.4 is 5.46 Å². The van der Waals surface area contributed by atoms with E-state index in [2.05, 4.69) is 27.4 Å². The minimum Gasteiger partial charge on any atom is -0.461 e. The maximum atomic E-state index is 13.5. The molecule has 200 valence electrons. The lowest BCUT2D eigenvalue weighted by Gasteiger charge is -2.61. The lowest BCUT2D eigenvalue weighted by Crippen LogP contribution is -2.63. The van der Waals surface area contributed by atoms with Crippen molar-refractivity contribution in [3.05, 3.63) is 36.4 Å². The minimum atomic E-state index is -0.931. The highest BCUT2D eigenvalue weighted by molar-refractivity contribution is 8.00. The van der Waals surface area contributed by atoms with Gasteiger partial charge in [0, 0.05) is 28.1 Å². The number of rotatable bonds is 5. The van der Waals surface area contributed by atoms with Gasteiger partial charge in [-0.1, -0.05) is 39.8 Å². The predicted octanol–water partition coefficient (Wildman–Crippen LogP) is 3.90. The fourth-order valence-electron chi connectivity index (χ4n) is 8.12. The average molecular weight is 527 g/mol. The fourth-order valence-corrected chi connectivity index (χ4v) is 8.85. The highest BCUT2D eigenvalue weighted by atomic mass is 32.2. The van der Waals surface area contributed by atoms with Crippen molar-refractivity contribution in [1.29, 1.82) is 0 Å². The van der Waals surface area contributed by atoms with Crippen molar-refractivity contribution in [2.45, 2.75) is 83.5 Å². The van der Waals surface area contributed by atoms with Crippen molar-refractivity contribution in [1.82, 2.24) is 0 Å². The Morgan fingerprint density at radius 2 is 2.08 bits per heavy atom. The lowest BCUT2D eigenvalue weighted by atomic mass is 9.44. The maximum Gasteiger partial charge on any atom is 0.491 e. The van der Waals surface area contributed by atoms with E-state index >= 15 is 0 Å². The Labute approximate surface area is 224 Å². The number of hydrogen-bond donors (Lipinski definition) is 2. The van der Waals surface area contributed by atoms with E-state index in [1.807, 2.05) is 31.2 Å². The highest BCUT2D eigenvalue weighted by Crippen LogP contribution is 2.68. The molecule has 1 aliphatic heterocycles. The molecule has 2 N–H and O–H groups in total. The van der Waals surface area contributed by atoms with Crippen LogP contribution in [0.1, 0.15) is 65.4 Å². The van der Waals surface area contributed by atoms with Crippen LogP contribution in [0.2, 0.25) is 0 Å². The summed E-state index contributed by atoms with van der Waals surface area (Å²) >= 11 is 1.37. The maximum absolute atomic E-state index is 13.5. The number of Topliss-reactive ketones (excluding diaryl/α,β-unsaturated/α-hetero) is 1. The van der Waals surface area contributed by atoms with E-state index in [4.69, 9.17) is 9.39 Å². The van der Waals surface area contributed by atoms with Gasteiger partial charge in [0.05, 0.1) is 18.5 Å². The zero-order valence-corrected chi connectivity index (χ0v) is 23.2. The summed E-state index contributed by atoms with van der Waals surface area (Å²) in [6.07, 6.45) is 4.24. The number of esters is 1. The first-order valence-electron chi connectivity index (χ1n) is 13.6. The molecule has 3 aliphatic carbocycles. The van der Waals surface area contributed by atoms with Crippen LogP contribution in [0.5, 0.6) is 0 Å². The van der Waals surface area contributed by atoms with Crippen LogP contribution in [-0.4, -0.2) is 47.0 Å². The topological polar surface area (TPSA) is 93.1 Å². The first-order valence-corrected chi connectivity index (χ1v) is 14.5. The molecule has 6 nitrogen and oxygen atoms in total. The molecule has 0 amide bonds. The van der Waals surface area contributed by atoms with Gasteiger partial charge in [0.2, 0.25) is 0 Å². The molecule has 0 saturated heterocycles. The van der Waals surface area contributed by atoms with Crippen LogP contribution in [0.15, 0.2) is 35.7 Å². The van der Waals surface area contributed by atoms with E-state index in [-0.39, 0.29) is 40.7 Å². The SMILES string of the molecule is C=C[C@]1(C)C[C@@H](OC(=O)CSc2ccc3c(c2)B(O)OC3)[C@@]2(C)[C@@H]3C(=O)CC[C@@]3(CC[C@@H]2C)[C@@H](C)[C@@H]1O. The van der Waals surface area contributed by atoms with Crippen LogP contribution in [0.4, 0.5) is 0 Å². The molecule has 8 atom stereocenters. The molecule has 3 fully saturated rings.